The van der Waals surface area contributed by atoms with E-state index in [-0.39, 0.29) is 11.5 Å². The molecule has 1 saturated heterocycles. The monoisotopic (exact) mass is 521 g/mol. The molecule has 7 nitrogen and oxygen atoms in total. The number of pyridine rings is 1. The normalized spacial score (nSPS) is 15.3. The van der Waals surface area contributed by atoms with Gasteiger partial charge in [0, 0.05) is 18.7 Å². The average Bonchev–Trinajstić information content (AvgIpc) is 3.23. The van der Waals surface area contributed by atoms with Crippen molar-refractivity contribution in [3.05, 3.63) is 108 Å². The van der Waals surface area contributed by atoms with Gasteiger partial charge in [-0.2, -0.15) is 0 Å². The van der Waals surface area contributed by atoms with E-state index in [1.54, 1.807) is 30.5 Å². The van der Waals surface area contributed by atoms with Gasteiger partial charge in [0.2, 0.25) is 0 Å². The van der Waals surface area contributed by atoms with Crippen molar-refractivity contribution < 1.29 is 19.4 Å². The van der Waals surface area contributed by atoms with Gasteiger partial charge in [-0.25, -0.2) is 9.78 Å². The number of anilines is 2. The number of hydrogen-bond donors (Lipinski definition) is 2. The lowest BCUT2D eigenvalue weighted by atomic mass is 10.0. The van der Waals surface area contributed by atoms with Crippen LogP contribution in [0.4, 0.5) is 11.5 Å². The third-order valence-corrected chi connectivity index (χ3v) is 7.00. The number of carbonyl (C=O) groups excluding carboxylic acids is 1. The zero-order chi connectivity index (χ0) is 27.0. The molecule has 1 fully saturated rings. The SMILES string of the molecule is O=C(O)c1cccc(OCC2CCCN(c3ccc(NC(=O)c4ccc(-c5ccccc5)cc4)cn3)CC2)c1. The van der Waals surface area contributed by atoms with Gasteiger partial charge in [0.05, 0.1) is 24.1 Å². The summed E-state index contributed by atoms with van der Waals surface area (Å²) in [6.45, 7) is 2.31. The summed E-state index contributed by atoms with van der Waals surface area (Å²) < 4.78 is 5.91. The maximum Gasteiger partial charge on any atom is 0.335 e. The molecule has 2 heterocycles. The molecule has 1 aliphatic heterocycles. The molecule has 3 aromatic carbocycles. The quantitative estimate of drug-likeness (QED) is 0.279. The Balaban J connectivity index is 1.12. The minimum absolute atomic E-state index is 0.171. The van der Waals surface area contributed by atoms with Crippen LogP contribution in [0.3, 0.4) is 0 Å². The number of aromatic carboxylic acids is 1. The van der Waals surface area contributed by atoms with Gasteiger partial charge >= 0.3 is 5.97 Å². The molecule has 1 aliphatic rings. The van der Waals surface area contributed by atoms with E-state index in [0.29, 0.717) is 29.5 Å². The minimum Gasteiger partial charge on any atom is -0.493 e. The number of amides is 1. The zero-order valence-electron chi connectivity index (χ0n) is 21.6. The second kappa shape index (κ2) is 12.3. The van der Waals surface area contributed by atoms with Crippen molar-refractivity contribution in [3.8, 4) is 16.9 Å². The summed E-state index contributed by atoms with van der Waals surface area (Å²) in [7, 11) is 0. The highest BCUT2D eigenvalue weighted by atomic mass is 16.5. The Bertz CT molecular complexity index is 1410. The van der Waals surface area contributed by atoms with Crippen LogP contribution in [0.1, 0.15) is 40.0 Å². The maximum absolute atomic E-state index is 12.8. The van der Waals surface area contributed by atoms with E-state index in [9.17, 15) is 14.7 Å². The highest BCUT2D eigenvalue weighted by molar-refractivity contribution is 6.04. The van der Waals surface area contributed by atoms with Crippen LogP contribution >= 0.6 is 0 Å². The summed E-state index contributed by atoms with van der Waals surface area (Å²) in [4.78, 5) is 30.8. The lowest BCUT2D eigenvalue weighted by Gasteiger charge is -2.22. The van der Waals surface area contributed by atoms with E-state index in [4.69, 9.17) is 4.74 Å². The number of carbonyl (C=O) groups is 2. The average molecular weight is 522 g/mol. The summed E-state index contributed by atoms with van der Waals surface area (Å²) in [5.74, 6) is 0.727. The lowest BCUT2D eigenvalue weighted by molar-refractivity contribution is 0.0696. The first kappa shape index (κ1) is 26.0. The third kappa shape index (κ3) is 6.82. The number of hydrogen-bond acceptors (Lipinski definition) is 5. The van der Waals surface area contributed by atoms with Crippen molar-refractivity contribution in [3.63, 3.8) is 0 Å². The number of rotatable bonds is 8. The number of nitrogens with zero attached hydrogens (tertiary/aromatic N) is 2. The summed E-state index contributed by atoms with van der Waals surface area (Å²) in [6.07, 6.45) is 4.71. The van der Waals surface area contributed by atoms with Gasteiger partial charge in [-0.05, 0) is 78.8 Å². The molecule has 0 bridgehead atoms. The first-order valence-electron chi connectivity index (χ1n) is 13.2. The van der Waals surface area contributed by atoms with Crippen molar-refractivity contribution in [2.24, 2.45) is 5.92 Å². The largest absolute Gasteiger partial charge is 0.493 e. The number of carboxylic acids is 1. The summed E-state index contributed by atoms with van der Waals surface area (Å²) in [5, 5.41) is 12.1. The number of aromatic nitrogens is 1. The fraction of sp³-hybridized carbons (Fsp3) is 0.219. The minimum atomic E-state index is -0.957. The predicted octanol–water partition coefficient (Wildman–Crippen LogP) is 6.38. The Morgan fingerprint density at radius 1 is 0.872 bits per heavy atom. The van der Waals surface area contributed by atoms with Gasteiger partial charge in [-0.3, -0.25) is 4.79 Å². The molecule has 0 radical (unpaired) electrons. The number of nitrogens with one attached hydrogen (secondary N) is 1. The maximum atomic E-state index is 12.8. The van der Waals surface area contributed by atoms with Crippen LogP contribution in [0.25, 0.3) is 11.1 Å². The van der Waals surface area contributed by atoms with E-state index in [1.165, 1.54) is 0 Å². The molecular formula is C32H31N3O4. The van der Waals surface area contributed by atoms with Gasteiger partial charge in [0.15, 0.2) is 0 Å². The summed E-state index contributed by atoms with van der Waals surface area (Å²) >= 11 is 0. The molecule has 0 aliphatic carbocycles. The van der Waals surface area contributed by atoms with Crippen molar-refractivity contribution in [2.75, 3.05) is 29.9 Å². The van der Waals surface area contributed by atoms with Crippen LogP contribution in [0.5, 0.6) is 5.75 Å². The Morgan fingerprint density at radius 2 is 1.67 bits per heavy atom. The Labute approximate surface area is 228 Å². The third-order valence-electron chi connectivity index (χ3n) is 7.00. The van der Waals surface area contributed by atoms with E-state index in [0.717, 1.165) is 49.3 Å². The molecule has 39 heavy (non-hydrogen) atoms. The fourth-order valence-corrected chi connectivity index (χ4v) is 4.79. The van der Waals surface area contributed by atoms with Crippen molar-refractivity contribution in [1.29, 1.82) is 0 Å². The van der Waals surface area contributed by atoms with Crippen LogP contribution in [0.2, 0.25) is 0 Å². The fourth-order valence-electron chi connectivity index (χ4n) is 4.79. The molecule has 2 N–H and O–H groups in total. The molecule has 0 spiro atoms. The molecule has 198 valence electrons. The first-order valence-corrected chi connectivity index (χ1v) is 13.2. The zero-order valence-corrected chi connectivity index (χ0v) is 21.6. The number of carboxylic acid groups (broad SMARTS) is 1. The molecule has 1 amide bonds. The molecule has 1 atom stereocenters. The predicted molar refractivity (Wildman–Crippen MR) is 153 cm³/mol. The van der Waals surface area contributed by atoms with Crippen molar-refractivity contribution in [2.45, 2.75) is 19.3 Å². The molecule has 1 unspecified atom stereocenters. The van der Waals surface area contributed by atoms with Gasteiger partial charge in [-0.1, -0.05) is 48.5 Å². The standard InChI is InChI=1S/C32H31N3O4/c36-31(26-13-11-25(12-14-26)24-7-2-1-3-8-24)34-28-15-16-30(33-21-28)35-18-5-6-23(17-19-35)22-39-29-10-4-9-27(20-29)32(37)38/h1-4,7-16,20-21,23H,5-6,17-19,22H2,(H,34,36)(H,37,38). The summed E-state index contributed by atoms with van der Waals surface area (Å²) in [6, 6.07) is 28.1. The van der Waals surface area contributed by atoms with Gasteiger partial charge in [0.1, 0.15) is 11.6 Å². The molecule has 1 aromatic heterocycles. The first-order chi connectivity index (χ1) is 19.0. The Morgan fingerprint density at radius 3 is 2.41 bits per heavy atom. The topological polar surface area (TPSA) is 91.8 Å². The molecular weight excluding hydrogens is 490 g/mol. The Hall–Kier alpha value is -4.65. The smallest absolute Gasteiger partial charge is 0.335 e. The highest BCUT2D eigenvalue weighted by Gasteiger charge is 2.19. The van der Waals surface area contributed by atoms with Gasteiger partial charge in [0.25, 0.3) is 5.91 Å². The number of ether oxygens (including phenoxy) is 1. The van der Waals surface area contributed by atoms with Crippen LogP contribution in [-0.4, -0.2) is 41.7 Å². The van der Waals surface area contributed by atoms with Crippen molar-refractivity contribution in [1.82, 2.24) is 4.98 Å². The number of benzene rings is 3. The Kier molecular flexibility index (Phi) is 8.17. The molecule has 0 saturated carbocycles. The highest BCUT2D eigenvalue weighted by Crippen LogP contribution is 2.24. The van der Waals surface area contributed by atoms with E-state index < -0.39 is 5.97 Å². The second-order valence-electron chi connectivity index (χ2n) is 9.73. The lowest BCUT2D eigenvalue weighted by Crippen LogP contribution is -2.25. The van der Waals surface area contributed by atoms with Crippen LogP contribution in [0, 0.1) is 5.92 Å². The molecule has 7 heteroatoms. The van der Waals surface area contributed by atoms with E-state index in [2.05, 4.69) is 15.2 Å². The summed E-state index contributed by atoms with van der Waals surface area (Å²) in [5.41, 5.74) is 3.65. The van der Waals surface area contributed by atoms with E-state index >= 15 is 0 Å². The van der Waals surface area contributed by atoms with Gasteiger partial charge < -0.3 is 20.1 Å². The van der Waals surface area contributed by atoms with Crippen LogP contribution < -0.4 is 15.0 Å². The van der Waals surface area contributed by atoms with Gasteiger partial charge in [-0.15, -0.1) is 0 Å². The molecule has 4 aromatic rings. The van der Waals surface area contributed by atoms with Crippen molar-refractivity contribution >= 4 is 23.4 Å². The van der Waals surface area contributed by atoms with Crippen LogP contribution in [-0.2, 0) is 0 Å². The second-order valence-corrected chi connectivity index (χ2v) is 9.73. The molecule has 5 rings (SSSR count). The van der Waals surface area contributed by atoms with E-state index in [1.807, 2.05) is 66.7 Å². The van der Waals surface area contributed by atoms with Crippen LogP contribution in [0.15, 0.2) is 97.2 Å².